The number of hydrogen-bond donors (Lipinski definition) is 0. The monoisotopic (exact) mass is 386 g/mol. The van der Waals surface area contributed by atoms with E-state index in [1.165, 1.54) is 7.11 Å². The quantitative estimate of drug-likeness (QED) is 0.810. The molecule has 0 bridgehead atoms. The highest BCUT2D eigenvalue weighted by molar-refractivity contribution is 6.31. The van der Waals surface area contributed by atoms with Gasteiger partial charge in [-0.1, -0.05) is 17.7 Å². The summed E-state index contributed by atoms with van der Waals surface area (Å²) < 4.78 is 5.28. The number of methoxy groups -OCH3 is 1. The van der Waals surface area contributed by atoms with E-state index in [2.05, 4.69) is 0 Å². The Bertz CT molecular complexity index is 874. The molecule has 0 aromatic heterocycles. The number of hydrogen-bond acceptors (Lipinski definition) is 3. The number of carbonyl (C=O) groups is 2. The molecule has 0 saturated carbocycles. The molecular weight excluding hydrogens is 364 g/mol. The third-order valence-corrected chi connectivity index (χ3v) is 5.23. The van der Waals surface area contributed by atoms with Gasteiger partial charge in [0, 0.05) is 36.8 Å². The Morgan fingerprint density at radius 3 is 2.11 bits per heavy atom. The van der Waals surface area contributed by atoms with Crippen molar-refractivity contribution in [3.05, 3.63) is 63.7 Å². The number of benzene rings is 2. The molecule has 0 atom stereocenters. The highest BCUT2D eigenvalue weighted by Crippen LogP contribution is 2.24. The lowest BCUT2D eigenvalue weighted by molar-refractivity contribution is 0.0533. The summed E-state index contributed by atoms with van der Waals surface area (Å²) in [5, 5.41) is 0.489. The van der Waals surface area contributed by atoms with E-state index in [4.69, 9.17) is 16.3 Å². The number of amides is 2. The Kier molecular flexibility index (Phi) is 5.71. The van der Waals surface area contributed by atoms with E-state index in [-0.39, 0.29) is 11.8 Å². The normalized spacial score (nSPS) is 14.2. The third kappa shape index (κ3) is 4.08. The van der Waals surface area contributed by atoms with E-state index in [1.54, 1.807) is 28.0 Å². The van der Waals surface area contributed by atoms with Gasteiger partial charge in [-0.05, 0) is 55.3 Å². The first-order valence-electron chi connectivity index (χ1n) is 8.90. The number of nitrogens with zero attached hydrogens (tertiary/aromatic N) is 2. The van der Waals surface area contributed by atoms with Gasteiger partial charge in [0.05, 0.1) is 12.7 Å². The van der Waals surface area contributed by atoms with Crippen LogP contribution in [-0.4, -0.2) is 54.9 Å². The van der Waals surface area contributed by atoms with Gasteiger partial charge in [0.2, 0.25) is 0 Å². The second kappa shape index (κ2) is 8.01. The molecule has 1 heterocycles. The van der Waals surface area contributed by atoms with Crippen molar-refractivity contribution in [2.75, 3.05) is 33.3 Å². The number of rotatable bonds is 3. The van der Waals surface area contributed by atoms with Crippen LogP contribution in [0.15, 0.2) is 36.4 Å². The zero-order chi connectivity index (χ0) is 19.6. The summed E-state index contributed by atoms with van der Waals surface area (Å²) in [6.45, 7) is 5.98. The van der Waals surface area contributed by atoms with Gasteiger partial charge in [-0.15, -0.1) is 0 Å². The fourth-order valence-corrected chi connectivity index (χ4v) is 3.36. The van der Waals surface area contributed by atoms with E-state index in [0.29, 0.717) is 48.1 Å². The van der Waals surface area contributed by atoms with Crippen molar-refractivity contribution in [1.29, 1.82) is 0 Å². The maximum absolute atomic E-state index is 12.8. The first-order chi connectivity index (χ1) is 12.9. The van der Waals surface area contributed by atoms with Crippen LogP contribution in [0.5, 0.6) is 5.75 Å². The fraction of sp³-hybridized carbons (Fsp3) is 0.333. The Labute approximate surface area is 164 Å². The van der Waals surface area contributed by atoms with Crippen molar-refractivity contribution in [2.24, 2.45) is 0 Å². The highest BCUT2D eigenvalue weighted by Gasteiger charge is 2.27. The molecule has 0 spiro atoms. The van der Waals surface area contributed by atoms with Gasteiger partial charge >= 0.3 is 0 Å². The lowest BCUT2D eigenvalue weighted by atomic mass is 10.1. The van der Waals surface area contributed by atoms with Gasteiger partial charge in [-0.2, -0.15) is 0 Å². The Morgan fingerprint density at radius 1 is 0.889 bits per heavy atom. The molecule has 5 nitrogen and oxygen atoms in total. The van der Waals surface area contributed by atoms with Crippen LogP contribution in [0, 0.1) is 13.8 Å². The molecule has 142 valence electrons. The second-order valence-corrected chi connectivity index (χ2v) is 7.16. The Morgan fingerprint density at radius 2 is 1.52 bits per heavy atom. The topological polar surface area (TPSA) is 49.9 Å². The van der Waals surface area contributed by atoms with Crippen molar-refractivity contribution >= 4 is 23.4 Å². The molecule has 1 saturated heterocycles. The standard InChI is InChI=1S/C21H23ClN2O3/c1-14-4-5-16(12-15(14)2)20(25)23-8-10-24(11-9-23)21(26)18-13-17(22)6-7-19(18)27-3/h4-7,12-13H,8-11H2,1-3H3. The molecule has 6 heteroatoms. The second-order valence-electron chi connectivity index (χ2n) is 6.73. The zero-order valence-electron chi connectivity index (χ0n) is 15.8. The summed E-state index contributed by atoms with van der Waals surface area (Å²) >= 11 is 6.03. The smallest absolute Gasteiger partial charge is 0.257 e. The van der Waals surface area contributed by atoms with Crippen molar-refractivity contribution in [3.63, 3.8) is 0 Å². The summed E-state index contributed by atoms with van der Waals surface area (Å²) in [5.74, 6) is 0.371. The molecule has 2 amide bonds. The van der Waals surface area contributed by atoms with Crippen molar-refractivity contribution in [1.82, 2.24) is 9.80 Å². The van der Waals surface area contributed by atoms with Crippen molar-refractivity contribution < 1.29 is 14.3 Å². The number of piperazine rings is 1. The minimum atomic E-state index is -0.132. The number of carbonyl (C=O) groups excluding carboxylic acids is 2. The van der Waals surface area contributed by atoms with Crippen molar-refractivity contribution in [3.8, 4) is 5.75 Å². The van der Waals surface area contributed by atoms with Gasteiger partial charge in [0.15, 0.2) is 0 Å². The number of ether oxygens (including phenoxy) is 1. The zero-order valence-corrected chi connectivity index (χ0v) is 16.5. The maximum atomic E-state index is 12.8. The first-order valence-corrected chi connectivity index (χ1v) is 9.28. The van der Waals surface area contributed by atoms with Crippen LogP contribution in [-0.2, 0) is 0 Å². The summed E-state index contributed by atoms with van der Waals surface area (Å²) in [7, 11) is 1.53. The molecule has 1 aliphatic rings. The van der Waals surface area contributed by atoms with E-state index in [1.807, 2.05) is 32.0 Å². The molecule has 2 aromatic rings. The van der Waals surface area contributed by atoms with Gasteiger partial charge in [0.1, 0.15) is 5.75 Å². The lowest BCUT2D eigenvalue weighted by Crippen LogP contribution is -2.50. The molecular formula is C21H23ClN2O3. The molecule has 27 heavy (non-hydrogen) atoms. The minimum Gasteiger partial charge on any atom is -0.496 e. The highest BCUT2D eigenvalue weighted by atomic mass is 35.5. The van der Waals surface area contributed by atoms with E-state index >= 15 is 0 Å². The van der Waals surface area contributed by atoms with Crippen LogP contribution in [0.4, 0.5) is 0 Å². The predicted molar refractivity (Wildman–Crippen MR) is 106 cm³/mol. The summed E-state index contributed by atoms with van der Waals surface area (Å²) in [5.41, 5.74) is 3.40. The van der Waals surface area contributed by atoms with Crippen LogP contribution in [0.3, 0.4) is 0 Å². The largest absolute Gasteiger partial charge is 0.496 e. The maximum Gasteiger partial charge on any atom is 0.257 e. The van der Waals surface area contributed by atoms with E-state index < -0.39 is 0 Å². The summed E-state index contributed by atoms with van der Waals surface area (Å²) in [6.07, 6.45) is 0. The first kappa shape index (κ1) is 19.2. The lowest BCUT2D eigenvalue weighted by Gasteiger charge is -2.35. The van der Waals surface area contributed by atoms with Crippen LogP contribution < -0.4 is 4.74 Å². The number of halogens is 1. The molecule has 1 aliphatic heterocycles. The van der Waals surface area contributed by atoms with Crippen LogP contribution >= 0.6 is 11.6 Å². The van der Waals surface area contributed by atoms with Crippen LogP contribution in [0.1, 0.15) is 31.8 Å². The number of aryl methyl sites for hydroxylation is 2. The molecule has 0 aliphatic carbocycles. The Balaban J connectivity index is 1.68. The van der Waals surface area contributed by atoms with Gasteiger partial charge < -0.3 is 14.5 Å². The molecule has 1 fully saturated rings. The van der Waals surface area contributed by atoms with E-state index in [9.17, 15) is 9.59 Å². The summed E-state index contributed by atoms with van der Waals surface area (Å²) in [4.78, 5) is 29.1. The SMILES string of the molecule is COc1ccc(Cl)cc1C(=O)N1CCN(C(=O)c2ccc(C)c(C)c2)CC1. The van der Waals surface area contributed by atoms with E-state index in [0.717, 1.165) is 11.1 Å². The molecule has 0 radical (unpaired) electrons. The van der Waals surface area contributed by atoms with Crippen LogP contribution in [0.2, 0.25) is 5.02 Å². The predicted octanol–water partition coefficient (Wildman–Crippen LogP) is 3.56. The molecule has 3 rings (SSSR count). The average molecular weight is 387 g/mol. The van der Waals surface area contributed by atoms with Gasteiger partial charge in [0.25, 0.3) is 11.8 Å². The average Bonchev–Trinajstić information content (AvgIpc) is 2.69. The van der Waals surface area contributed by atoms with Gasteiger partial charge in [-0.3, -0.25) is 9.59 Å². The fourth-order valence-electron chi connectivity index (χ4n) is 3.19. The molecule has 0 N–H and O–H groups in total. The summed E-state index contributed by atoms with van der Waals surface area (Å²) in [6, 6.07) is 10.8. The molecule has 2 aromatic carbocycles. The minimum absolute atomic E-state index is 0.00513. The molecule has 0 unspecified atom stereocenters. The third-order valence-electron chi connectivity index (χ3n) is 5.00. The van der Waals surface area contributed by atoms with Crippen molar-refractivity contribution in [2.45, 2.75) is 13.8 Å². The van der Waals surface area contributed by atoms with Gasteiger partial charge in [-0.25, -0.2) is 0 Å². The van der Waals surface area contributed by atoms with Crippen LogP contribution in [0.25, 0.3) is 0 Å². The Hall–Kier alpha value is -2.53.